The van der Waals surface area contributed by atoms with Crippen molar-refractivity contribution in [2.24, 2.45) is 0 Å². The third kappa shape index (κ3) is 5.62. The number of anilines is 2. The number of aryl methyl sites for hydroxylation is 5. The highest BCUT2D eigenvalue weighted by molar-refractivity contribution is 6.69. The summed E-state index contributed by atoms with van der Waals surface area (Å²) in [6, 6.07) is 16.5. The summed E-state index contributed by atoms with van der Waals surface area (Å²) in [5, 5.41) is 5.93. The highest BCUT2D eigenvalue weighted by atomic mass is 16.2. The average Bonchev–Trinajstić information content (AvgIpc) is 2.72. The van der Waals surface area contributed by atoms with Gasteiger partial charge < -0.3 is 10.6 Å². The minimum Gasteiger partial charge on any atom is -0.308 e. The molecule has 1 atom stereocenters. The fourth-order valence-corrected chi connectivity index (χ4v) is 4.43. The Labute approximate surface area is 193 Å². The maximum absolute atomic E-state index is 12.6. The molecule has 3 rings (SSSR count). The van der Waals surface area contributed by atoms with E-state index < -0.39 is 0 Å². The maximum Gasteiger partial charge on any atom is 0.323 e. The first-order valence-electron chi connectivity index (χ1n) is 11.5. The van der Waals surface area contributed by atoms with Gasteiger partial charge in [-0.15, -0.1) is 0 Å². The Morgan fingerprint density at radius 1 is 0.781 bits per heavy atom. The molecule has 32 heavy (non-hydrogen) atoms. The second-order valence-electron chi connectivity index (χ2n) is 9.15. The van der Waals surface area contributed by atoms with Crippen molar-refractivity contribution >= 4 is 35.6 Å². The first kappa shape index (κ1) is 23.7. The molecule has 0 spiro atoms. The smallest absolute Gasteiger partial charge is 0.308 e. The zero-order valence-corrected chi connectivity index (χ0v) is 20.5. The lowest BCUT2D eigenvalue weighted by atomic mass is 9.58. The van der Waals surface area contributed by atoms with Gasteiger partial charge in [-0.1, -0.05) is 76.9 Å². The normalized spacial score (nSPS) is 11.7. The highest BCUT2D eigenvalue weighted by Crippen LogP contribution is 2.21. The molecule has 2 amide bonds. The molecule has 0 aliphatic rings. The fourth-order valence-electron chi connectivity index (χ4n) is 4.43. The lowest BCUT2D eigenvalue weighted by molar-refractivity contribution is 0.262. The Hall–Kier alpha value is -3.01. The second-order valence-corrected chi connectivity index (χ2v) is 9.15. The van der Waals surface area contributed by atoms with Crippen LogP contribution in [0.1, 0.15) is 59.6 Å². The molecule has 0 aliphatic heterocycles. The van der Waals surface area contributed by atoms with Gasteiger partial charge in [-0.25, -0.2) is 4.79 Å². The summed E-state index contributed by atoms with van der Waals surface area (Å²) in [5.41, 5.74) is 12.0. The van der Waals surface area contributed by atoms with Crippen LogP contribution >= 0.6 is 0 Å². The van der Waals surface area contributed by atoms with Gasteiger partial charge in [-0.2, -0.15) is 0 Å². The van der Waals surface area contributed by atoms with E-state index in [9.17, 15) is 4.79 Å². The standard InChI is InChI=1S/C28H35BN2O/c1-8-18(3)23-9-11-24(12-10-23)30-28(32)31-25-15-21(6)27(22(7)16-25)29-26-19(4)13-17(2)14-20(26)5/h9-16,18,29H,8H2,1-7H3,(H2,30,31,32). The molecule has 2 N–H and O–H groups in total. The van der Waals surface area contributed by atoms with Crippen LogP contribution in [0.25, 0.3) is 0 Å². The monoisotopic (exact) mass is 426 g/mol. The lowest BCUT2D eigenvalue weighted by Crippen LogP contribution is -2.34. The van der Waals surface area contributed by atoms with E-state index in [-0.39, 0.29) is 6.03 Å². The topological polar surface area (TPSA) is 41.1 Å². The van der Waals surface area contributed by atoms with Crippen LogP contribution in [0.5, 0.6) is 0 Å². The summed E-state index contributed by atoms with van der Waals surface area (Å²) in [6.07, 6.45) is 1.10. The minimum atomic E-state index is -0.224. The van der Waals surface area contributed by atoms with Crippen LogP contribution < -0.4 is 21.6 Å². The second kappa shape index (κ2) is 10.1. The van der Waals surface area contributed by atoms with Crippen molar-refractivity contribution in [3.05, 3.63) is 81.9 Å². The SMILES string of the molecule is CCC(C)c1ccc(NC(=O)Nc2cc(C)c(Bc3c(C)cc(C)cc3C)c(C)c2)cc1. The van der Waals surface area contributed by atoms with Crippen molar-refractivity contribution in [3.63, 3.8) is 0 Å². The molecule has 3 aromatic carbocycles. The molecule has 0 aromatic heterocycles. The van der Waals surface area contributed by atoms with Crippen molar-refractivity contribution in [3.8, 4) is 0 Å². The Bertz CT molecular complexity index is 1070. The molecule has 0 saturated carbocycles. The van der Waals surface area contributed by atoms with Gasteiger partial charge in [0.25, 0.3) is 0 Å². The van der Waals surface area contributed by atoms with Crippen molar-refractivity contribution in [1.82, 2.24) is 0 Å². The predicted octanol–water partition coefficient (Wildman–Crippen LogP) is 5.77. The number of carbonyl (C=O) groups is 1. The Morgan fingerprint density at radius 2 is 1.25 bits per heavy atom. The molecule has 1 unspecified atom stereocenters. The lowest BCUT2D eigenvalue weighted by Gasteiger charge is -2.16. The molecule has 0 bridgehead atoms. The number of hydrogen-bond donors (Lipinski definition) is 2. The third-order valence-electron chi connectivity index (χ3n) is 6.50. The fraction of sp³-hybridized carbons (Fsp3) is 0.321. The summed E-state index contributed by atoms with van der Waals surface area (Å²) in [7, 11) is 0.907. The van der Waals surface area contributed by atoms with Gasteiger partial charge in [0.1, 0.15) is 0 Å². The van der Waals surface area contributed by atoms with Gasteiger partial charge in [0.05, 0.1) is 0 Å². The van der Waals surface area contributed by atoms with Gasteiger partial charge in [0.2, 0.25) is 0 Å². The molecule has 0 saturated heterocycles. The summed E-state index contributed by atoms with van der Waals surface area (Å²) >= 11 is 0. The molecule has 4 heteroatoms. The third-order valence-corrected chi connectivity index (χ3v) is 6.50. The predicted molar refractivity (Wildman–Crippen MR) is 141 cm³/mol. The van der Waals surface area contributed by atoms with E-state index in [4.69, 9.17) is 0 Å². The summed E-state index contributed by atoms with van der Waals surface area (Å²) in [6.45, 7) is 15.2. The number of rotatable bonds is 6. The molecule has 0 heterocycles. The van der Waals surface area contributed by atoms with E-state index in [2.05, 4.69) is 95.5 Å². The van der Waals surface area contributed by atoms with Crippen molar-refractivity contribution < 1.29 is 4.79 Å². The molecular formula is C28H35BN2O. The van der Waals surface area contributed by atoms with E-state index in [0.717, 1.165) is 25.1 Å². The van der Waals surface area contributed by atoms with Crippen molar-refractivity contribution in [1.29, 1.82) is 0 Å². The maximum atomic E-state index is 12.6. The average molecular weight is 426 g/mol. The molecule has 0 aliphatic carbocycles. The molecule has 0 fully saturated rings. The van der Waals surface area contributed by atoms with Gasteiger partial charge in [0.15, 0.2) is 7.28 Å². The summed E-state index contributed by atoms with van der Waals surface area (Å²) in [5.74, 6) is 0.523. The van der Waals surface area contributed by atoms with E-state index in [0.29, 0.717) is 5.92 Å². The Balaban J connectivity index is 1.71. The van der Waals surface area contributed by atoms with Crippen molar-refractivity contribution in [2.45, 2.75) is 60.8 Å². The Morgan fingerprint density at radius 3 is 1.75 bits per heavy atom. The van der Waals surface area contributed by atoms with Crippen molar-refractivity contribution in [2.75, 3.05) is 10.6 Å². The van der Waals surface area contributed by atoms with Crippen LogP contribution in [-0.4, -0.2) is 13.3 Å². The van der Waals surface area contributed by atoms with Gasteiger partial charge >= 0.3 is 6.03 Å². The van der Waals surface area contributed by atoms with Crippen LogP contribution in [0.3, 0.4) is 0 Å². The largest absolute Gasteiger partial charge is 0.323 e. The number of carbonyl (C=O) groups excluding carboxylic acids is 1. The molecule has 166 valence electrons. The van der Waals surface area contributed by atoms with Crippen LogP contribution in [0.4, 0.5) is 16.2 Å². The van der Waals surface area contributed by atoms with Gasteiger partial charge in [0, 0.05) is 11.4 Å². The van der Waals surface area contributed by atoms with E-state index in [1.165, 1.54) is 44.3 Å². The quantitative estimate of drug-likeness (QED) is 0.483. The number of hydrogen-bond acceptors (Lipinski definition) is 1. The first-order chi connectivity index (χ1) is 15.2. The number of amides is 2. The zero-order chi connectivity index (χ0) is 23.4. The summed E-state index contributed by atoms with van der Waals surface area (Å²) < 4.78 is 0. The Kier molecular flexibility index (Phi) is 7.45. The zero-order valence-electron chi connectivity index (χ0n) is 20.5. The molecular weight excluding hydrogens is 391 g/mol. The van der Waals surface area contributed by atoms with E-state index in [1.54, 1.807) is 0 Å². The van der Waals surface area contributed by atoms with Gasteiger partial charge in [-0.3, -0.25) is 0 Å². The number of benzene rings is 3. The van der Waals surface area contributed by atoms with E-state index in [1.807, 2.05) is 12.1 Å². The molecule has 0 radical (unpaired) electrons. The van der Waals surface area contributed by atoms with E-state index >= 15 is 0 Å². The number of nitrogens with one attached hydrogen (secondary N) is 2. The van der Waals surface area contributed by atoms with Crippen LogP contribution in [0.15, 0.2) is 48.5 Å². The first-order valence-corrected chi connectivity index (χ1v) is 11.5. The van der Waals surface area contributed by atoms with Crippen LogP contribution in [0, 0.1) is 34.6 Å². The minimum absolute atomic E-state index is 0.224. The number of urea groups is 1. The highest BCUT2D eigenvalue weighted by Gasteiger charge is 2.13. The van der Waals surface area contributed by atoms with Crippen LogP contribution in [-0.2, 0) is 0 Å². The van der Waals surface area contributed by atoms with Crippen LogP contribution in [0.2, 0.25) is 0 Å². The summed E-state index contributed by atoms with van der Waals surface area (Å²) in [4.78, 5) is 12.6. The molecule has 3 nitrogen and oxygen atoms in total. The van der Waals surface area contributed by atoms with Gasteiger partial charge in [-0.05, 0) is 76.8 Å². The molecule has 3 aromatic rings.